The Morgan fingerprint density at radius 3 is 2.00 bits per heavy atom. The van der Waals surface area contributed by atoms with Crippen molar-refractivity contribution in [1.82, 2.24) is 4.90 Å². The van der Waals surface area contributed by atoms with Gasteiger partial charge in [-0.1, -0.05) is 76.8 Å². The zero-order valence-corrected chi connectivity index (χ0v) is 20.3. The zero-order chi connectivity index (χ0) is 22.2. The molecule has 4 nitrogen and oxygen atoms in total. The Labute approximate surface area is 186 Å². The Bertz CT molecular complexity index is 585. The molecule has 1 amide bonds. The minimum absolute atomic E-state index is 0.132. The van der Waals surface area contributed by atoms with Crippen LogP contribution in [0.3, 0.4) is 0 Å². The largest absolute Gasteiger partial charge is 0.399 e. The summed E-state index contributed by atoms with van der Waals surface area (Å²) in [6, 6.07) is 7.84. The van der Waals surface area contributed by atoms with Crippen molar-refractivity contribution in [2.75, 3.05) is 39.5 Å². The van der Waals surface area contributed by atoms with Crippen LogP contribution in [0.4, 0.5) is 5.69 Å². The lowest BCUT2D eigenvalue weighted by molar-refractivity contribution is -0.890. The number of carbonyl (C=O) groups excluding carboxylic acids is 1. The van der Waals surface area contributed by atoms with Crippen molar-refractivity contribution in [3.8, 4) is 0 Å². The number of rotatable bonds is 17. The summed E-state index contributed by atoms with van der Waals surface area (Å²) < 4.78 is 0.970. The van der Waals surface area contributed by atoms with E-state index in [1.165, 1.54) is 77.2 Å². The van der Waals surface area contributed by atoms with E-state index in [0.29, 0.717) is 6.54 Å². The Balaban J connectivity index is 2.18. The van der Waals surface area contributed by atoms with Gasteiger partial charge < -0.3 is 15.1 Å². The molecule has 0 unspecified atom stereocenters. The summed E-state index contributed by atoms with van der Waals surface area (Å²) in [5, 5.41) is 0. The van der Waals surface area contributed by atoms with E-state index >= 15 is 0 Å². The van der Waals surface area contributed by atoms with Gasteiger partial charge in [-0.25, -0.2) is 0 Å². The molecule has 1 rings (SSSR count). The number of anilines is 1. The number of hydrogen-bond acceptors (Lipinski definition) is 2. The van der Waals surface area contributed by atoms with Gasteiger partial charge in [0.15, 0.2) is 0 Å². The smallest absolute Gasteiger partial charge is 0.219 e. The van der Waals surface area contributed by atoms with Gasteiger partial charge in [-0.05, 0) is 30.5 Å². The molecule has 0 heterocycles. The van der Waals surface area contributed by atoms with Crippen LogP contribution in [-0.2, 0) is 11.3 Å². The fraction of sp³-hybridized carbons (Fsp3) is 0.731. The zero-order valence-electron chi connectivity index (χ0n) is 20.3. The second-order valence-electron chi connectivity index (χ2n) is 9.60. The second kappa shape index (κ2) is 15.3. The summed E-state index contributed by atoms with van der Waals surface area (Å²) in [5.74, 6) is 0.132. The summed E-state index contributed by atoms with van der Waals surface area (Å²) in [4.78, 5) is 14.0. The van der Waals surface area contributed by atoms with Gasteiger partial charge in [0, 0.05) is 19.2 Å². The van der Waals surface area contributed by atoms with Gasteiger partial charge in [-0.15, -0.1) is 0 Å². The maximum Gasteiger partial charge on any atom is 0.219 e. The van der Waals surface area contributed by atoms with E-state index in [1.807, 2.05) is 29.2 Å². The van der Waals surface area contributed by atoms with E-state index in [9.17, 15) is 4.79 Å². The van der Waals surface area contributed by atoms with Gasteiger partial charge in [0.05, 0.1) is 33.7 Å². The summed E-state index contributed by atoms with van der Waals surface area (Å²) in [6.07, 6.45) is 15.2. The molecule has 0 fully saturated rings. The fourth-order valence-electron chi connectivity index (χ4n) is 3.97. The molecule has 0 saturated carbocycles. The van der Waals surface area contributed by atoms with E-state index in [2.05, 4.69) is 21.0 Å². The molecule has 0 aliphatic carbocycles. The van der Waals surface area contributed by atoms with Crippen molar-refractivity contribution in [3.63, 3.8) is 0 Å². The third-order valence-corrected chi connectivity index (χ3v) is 6.11. The second-order valence-corrected chi connectivity index (χ2v) is 9.60. The number of nitrogens with zero attached hydrogens (tertiary/aromatic N) is 2. The van der Waals surface area contributed by atoms with Crippen LogP contribution >= 0.6 is 0 Å². The summed E-state index contributed by atoms with van der Waals surface area (Å²) in [5.41, 5.74) is 7.73. The lowest BCUT2D eigenvalue weighted by Gasteiger charge is -2.32. The van der Waals surface area contributed by atoms with Crippen molar-refractivity contribution in [2.45, 2.75) is 91.0 Å². The molecular weight excluding hydrogens is 370 g/mol. The quantitative estimate of drug-likeness (QED) is 0.191. The van der Waals surface area contributed by atoms with Crippen LogP contribution in [0.15, 0.2) is 24.3 Å². The van der Waals surface area contributed by atoms with Crippen molar-refractivity contribution in [2.24, 2.45) is 0 Å². The maximum absolute atomic E-state index is 12.1. The Kier molecular flexibility index (Phi) is 13.5. The number of amides is 1. The molecule has 30 heavy (non-hydrogen) atoms. The molecule has 0 radical (unpaired) electrons. The highest BCUT2D eigenvalue weighted by atomic mass is 16.2. The first-order chi connectivity index (χ1) is 14.3. The predicted molar refractivity (Wildman–Crippen MR) is 130 cm³/mol. The molecule has 172 valence electrons. The summed E-state index contributed by atoms with van der Waals surface area (Å²) in [6.45, 7) is 7.53. The first kappa shape index (κ1) is 26.5. The third kappa shape index (κ3) is 12.9. The van der Waals surface area contributed by atoms with Crippen LogP contribution in [-0.4, -0.2) is 49.0 Å². The molecule has 0 aliphatic rings. The molecule has 2 N–H and O–H groups in total. The van der Waals surface area contributed by atoms with Crippen molar-refractivity contribution in [1.29, 1.82) is 0 Å². The predicted octanol–water partition coefficient (Wildman–Crippen LogP) is 6.00. The lowest BCUT2D eigenvalue weighted by Crippen LogP contribution is -2.46. The van der Waals surface area contributed by atoms with E-state index < -0.39 is 0 Å². The molecule has 0 aliphatic heterocycles. The Morgan fingerprint density at radius 1 is 0.900 bits per heavy atom. The maximum atomic E-state index is 12.1. The van der Waals surface area contributed by atoms with Crippen LogP contribution < -0.4 is 5.73 Å². The molecule has 1 aromatic rings. The molecular formula is C26H48N3O+. The lowest BCUT2D eigenvalue weighted by atomic mass is 10.1. The number of nitrogen functional groups attached to an aromatic ring is 1. The molecule has 0 saturated heterocycles. The van der Waals surface area contributed by atoms with Crippen LogP contribution in [0.25, 0.3) is 0 Å². The minimum atomic E-state index is 0.132. The Morgan fingerprint density at radius 2 is 1.47 bits per heavy atom. The van der Waals surface area contributed by atoms with Gasteiger partial charge in [0.2, 0.25) is 5.91 Å². The fourth-order valence-corrected chi connectivity index (χ4v) is 3.97. The molecule has 0 bridgehead atoms. The van der Waals surface area contributed by atoms with E-state index in [1.54, 1.807) is 6.92 Å². The Hall–Kier alpha value is -1.55. The number of nitrogens with two attached hydrogens (primary N) is 1. The molecule has 4 heteroatoms. The van der Waals surface area contributed by atoms with Crippen LogP contribution in [0, 0.1) is 0 Å². The summed E-state index contributed by atoms with van der Waals surface area (Å²) >= 11 is 0. The summed E-state index contributed by atoms with van der Waals surface area (Å²) in [7, 11) is 4.57. The van der Waals surface area contributed by atoms with Gasteiger partial charge >= 0.3 is 0 Å². The van der Waals surface area contributed by atoms with Gasteiger partial charge in [-0.3, -0.25) is 4.79 Å². The van der Waals surface area contributed by atoms with E-state index in [-0.39, 0.29) is 5.91 Å². The van der Waals surface area contributed by atoms with Gasteiger partial charge in [-0.2, -0.15) is 0 Å². The highest BCUT2D eigenvalue weighted by Crippen LogP contribution is 2.13. The average Bonchev–Trinajstić information content (AvgIpc) is 2.69. The first-order valence-electron chi connectivity index (χ1n) is 12.3. The number of benzene rings is 1. The van der Waals surface area contributed by atoms with E-state index in [4.69, 9.17) is 5.73 Å². The van der Waals surface area contributed by atoms with Crippen molar-refractivity contribution < 1.29 is 9.28 Å². The average molecular weight is 419 g/mol. The number of quaternary nitrogens is 1. The highest BCUT2D eigenvalue weighted by molar-refractivity contribution is 5.73. The third-order valence-electron chi connectivity index (χ3n) is 6.11. The SMILES string of the molecule is CCCCCCCCCCCCC[N+](C)(C)CCN(Cc1cccc(N)c1)C(C)=O. The number of unbranched alkanes of at least 4 members (excludes halogenated alkanes) is 10. The first-order valence-corrected chi connectivity index (χ1v) is 12.3. The van der Waals surface area contributed by atoms with E-state index in [0.717, 1.165) is 28.8 Å². The molecule has 0 aromatic heterocycles. The molecule has 0 spiro atoms. The van der Waals surface area contributed by atoms with Gasteiger partial charge in [0.25, 0.3) is 0 Å². The normalized spacial score (nSPS) is 11.6. The minimum Gasteiger partial charge on any atom is -0.399 e. The number of carbonyl (C=O) groups is 1. The topological polar surface area (TPSA) is 46.3 Å². The van der Waals surface area contributed by atoms with Crippen molar-refractivity contribution >= 4 is 11.6 Å². The van der Waals surface area contributed by atoms with Gasteiger partial charge in [0.1, 0.15) is 0 Å². The number of likely N-dealkylation sites (N-methyl/N-ethyl adjacent to an activating group) is 1. The highest BCUT2D eigenvalue weighted by Gasteiger charge is 2.18. The standard InChI is InChI=1S/C26H48N3O/c1-5-6-7-8-9-10-11-12-13-14-15-20-29(3,4)21-19-28(24(2)30)23-25-17-16-18-26(27)22-25/h16-18,22H,5-15,19-21,23,27H2,1-4H3/q+1. The molecule has 1 aromatic carbocycles. The van der Waals surface area contributed by atoms with Crippen LogP contribution in [0.2, 0.25) is 0 Å². The monoisotopic (exact) mass is 418 g/mol. The van der Waals surface area contributed by atoms with Crippen LogP contribution in [0.5, 0.6) is 0 Å². The number of hydrogen-bond donors (Lipinski definition) is 1. The van der Waals surface area contributed by atoms with Crippen molar-refractivity contribution in [3.05, 3.63) is 29.8 Å². The van der Waals surface area contributed by atoms with Crippen LogP contribution in [0.1, 0.15) is 90.0 Å². The molecule has 0 atom stereocenters.